The van der Waals surface area contributed by atoms with Gasteiger partial charge in [0.2, 0.25) is 0 Å². The van der Waals surface area contributed by atoms with Crippen LogP contribution in [0.3, 0.4) is 0 Å². The summed E-state index contributed by atoms with van der Waals surface area (Å²) in [4.78, 5) is 2.48. The van der Waals surface area contributed by atoms with Crippen molar-refractivity contribution in [3.8, 4) is 11.5 Å². The van der Waals surface area contributed by atoms with Gasteiger partial charge in [0.25, 0.3) is 0 Å². The second-order valence-corrected chi connectivity index (χ2v) is 4.92. The number of ether oxygens (including phenoxy) is 2. The second-order valence-electron chi connectivity index (χ2n) is 4.92. The molecule has 4 heteroatoms. The Kier molecular flexibility index (Phi) is 4.66. The lowest BCUT2D eigenvalue weighted by Gasteiger charge is -2.31. The molecule has 1 atom stereocenters. The van der Waals surface area contributed by atoms with Gasteiger partial charge >= 0.3 is 0 Å². The van der Waals surface area contributed by atoms with Gasteiger partial charge in [-0.25, -0.2) is 0 Å². The maximum Gasteiger partial charge on any atom is 0.127 e. The van der Waals surface area contributed by atoms with E-state index in [0.717, 1.165) is 23.6 Å². The normalized spacial score (nSPS) is 16.5. The Morgan fingerprint density at radius 3 is 2.53 bits per heavy atom. The first-order chi connectivity index (χ1) is 9.24. The van der Waals surface area contributed by atoms with Crippen LogP contribution in [0.1, 0.15) is 31.4 Å². The van der Waals surface area contributed by atoms with Gasteiger partial charge in [-0.2, -0.15) is 0 Å². The maximum atomic E-state index is 6.01. The van der Waals surface area contributed by atoms with Crippen LogP contribution in [0.2, 0.25) is 0 Å². The molecule has 2 N–H and O–H groups in total. The minimum atomic E-state index is 0.221. The molecule has 106 valence electrons. The van der Waals surface area contributed by atoms with Crippen LogP contribution < -0.4 is 15.2 Å². The third-order valence-electron chi connectivity index (χ3n) is 3.80. The van der Waals surface area contributed by atoms with Gasteiger partial charge in [-0.3, -0.25) is 4.90 Å². The summed E-state index contributed by atoms with van der Waals surface area (Å²) in [6.07, 6.45) is 2.56. The zero-order valence-corrected chi connectivity index (χ0v) is 12.1. The highest BCUT2D eigenvalue weighted by atomic mass is 16.5. The number of nitrogens with two attached hydrogens (primary N) is 1. The number of rotatable bonds is 7. The van der Waals surface area contributed by atoms with Crippen molar-refractivity contribution >= 4 is 0 Å². The molecule has 19 heavy (non-hydrogen) atoms. The van der Waals surface area contributed by atoms with Crippen LogP contribution >= 0.6 is 0 Å². The van der Waals surface area contributed by atoms with Crippen molar-refractivity contribution in [1.82, 2.24) is 4.90 Å². The second kappa shape index (κ2) is 6.26. The van der Waals surface area contributed by atoms with Crippen molar-refractivity contribution in [3.05, 3.63) is 23.8 Å². The molecule has 1 aromatic carbocycles. The first kappa shape index (κ1) is 14.2. The topological polar surface area (TPSA) is 47.7 Å². The minimum absolute atomic E-state index is 0.221. The van der Waals surface area contributed by atoms with Crippen LogP contribution in [-0.4, -0.2) is 38.3 Å². The molecule has 0 amide bonds. The number of benzene rings is 1. The lowest BCUT2D eigenvalue weighted by atomic mass is 10.0. The highest BCUT2D eigenvalue weighted by molar-refractivity contribution is 5.42. The van der Waals surface area contributed by atoms with Gasteiger partial charge in [0.15, 0.2) is 0 Å². The average Bonchev–Trinajstić information content (AvgIpc) is 3.28. The van der Waals surface area contributed by atoms with E-state index in [1.54, 1.807) is 14.2 Å². The number of hydrogen-bond acceptors (Lipinski definition) is 4. The number of likely N-dealkylation sites (N-methyl/N-ethyl adjacent to an activating group) is 1. The first-order valence-electron chi connectivity index (χ1n) is 6.92. The van der Waals surface area contributed by atoms with Gasteiger partial charge in [-0.1, -0.05) is 13.0 Å². The maximum absolute atomic E-state index is 6.01. The molecule has 1 fully saturated rings. The van der Waals surface area contributed by atoms with Gasteiger partial charge in [-0.05, 0) is 25.5 Å². The highest BCUT2D eigenvalue weighted by Crippen LogP contribution is 2.37. The first-order valence-corrected chi connectivity index (χ1v) is 6.92. The molecule has 2 rings (SSSR count). The largest absolute Gasteiger partial charge is 0.497 e. The average molecular weight is 264 g/mol. The van der Waals surface area contributed by atoms with Crippen LogP contribution in [0.5, 0.6) is 11.5 Å². The Balaban J connectivity index is 2.30. The summed E-state index contributed by atoms with van der Waals surface area (Å²) in [6.45, 7) is 3.81. The van der Waals surface area contributed by atoms with Gasteiger partial charge in [0, 0.05) is 24.2 Å². The molecule has 1 unspecified atom stereocenters. The van der Waals surface area contributed by atoms with E-state index in [9.17, 15) is 0 Å². The molecule has 1 aliphatic rings. The monoisotopic (exact) mass is 264 g/mol. The molecule has 1 saturated carbocycles. The Morgan fingerprint density at radius 2 is 2.05 bits per heavy atom. The minimum Gasteiger partial charge on any atom is -0.497 e. The summed E-state index contributed by atoms with van der Waals surface area (Å²) in [5, 5.41) is 0. The third kappa shape index (κ3) is 3.01. The lowest BCUT2D eigenvalue weighted by Crippen LogP contribution is -2.35. The number of methoxy groups -OCH3 is 2. The standard InChI is InChI=1S/C15H24N2O2/c1-4-17(11-5-6-11)14(10-16)13-8-7-12(18-2)9-15(13)19-3/h7-9,11,14H,4-6,10,16H2,1-3H3. The summed E-state index contributed by atoms with van der Waals surface area (Å²) >= 11 is 0. The van der Waals surface area contributed by atoms with Crippen molar-refractivity contribution < 1.29 is 9.47 Å². The summed E-state index contributed by atoms with van der Waals surface area (Å²) in [7, 11) is 3.36. The lowest BCUT2D eigenvalue weighted by molar-refractivity contribution is 0.198. The van der Waals surface area contributed by atoms with Crippen molar-refractivity contribution in [2.75, 3.05) is 27.3 Å². The Bertz CT molecular complexity index is 419. The van der Waals surface area contributed by atoms with E-state index in [2.05, 4.69) is 17.9 Å². The molecule has 4 nitrogen and oxygen atoms in total. The van der Waals surface area contributed by atoms with E-state index in [-0.39, 0.29) is 6.04 Å². The highest BCUT2D eigenvalue weighted by Gasteiger charge is 2.34. The Labute approximate surface area is 115 Å². The molecule has 1 aliphatic carbocycles. The molecule has 0 aliphatic heterocycles. The van der Waals surface area contributed by atoms with Crippen LogP contribution in [0, 0.1) is 0 Å². The summed E-state index contributed by atoms with van der Waals surface area (Å²) in [5.74, 6) is 1.67. The zero-order valence-electron chi connectivity index (χ0n) is 12.1. The quantitative estimate of drug-likeness (QED) is 0.820. The van der Waals surface area contributed by atoms with E-state index in [0.29, 0.717) is 12.6 Å². The summed E-state index contributed by atoms with van der Waals surface area (Å²) in [5.41, 5.74) is 7.16. The smallest absolute Gasteiger partial charge is 0.127 e. The van der Waals surface area contributed by atoms with Crippen LogP contribution in [-0.2, 0) is 0 Å². The van der Waals surface area contributed by atoms with Crippen LogP contribution in [0.15, 0.2) is 18.2 Å². The predicted molar refractivity (Wildman–Crippen MR) is 76.7 cm³/mol. The molecule has 0 heterocycles. The predicted octanol–water partition coefficient (Wildman–Crippen LogP) is 2.19. The van der Waals surface area contributed by atoms with Gasteiger partial charge < -0.3 is 15.2 Å². The summed E-state index contributed by atoms with van der Waals surface area (Å²) in [6, 6.07) is 6.88. The van der Waals surface area contributed by atoms with Crippen molar-refractivity contribution in [2.24, 2.45) is 5.73 Å². The van der Waals surface area contributed by atoms with E-state index in [1.165, 1.54) is 12.8 Å². The van der Waals surface area contributed by atoms with Crippen LogP contribution in [0.4, 0.5) is 0 Å². The van der Waals surface area contributed by atoms with E-state index in [1.807, 2.05) is 12.1 Å². The molecule has 0 aromatic heterocycles. The number of hydrogen-bond donors (Lipinski definition) is 1. The fraction of sp³-hybridized carbons (Fsp3) is 0.600. The van der Waals surface area contributed by atoms with E-state index in [4.69, 9.17) is 15.2 Å². The Morgan fingerprint density at radius 1 is 1.32 bits per heavy atom. The van der Waals surface area contributed by atoms with E-state index >= 15 is 0 Å². The fourth-order valence-electron chi connectivity index (χ4n) is 2.67. The Hall–Kier alpha value is -1.26. The zero-order chi connectivity index (χ0) is 13.8. The number of nitrogens with zero attached hydrogens (tertiary/aromatic N) is 1. The van der Waals surface area contributed by atoms with Gasteiger partial charge in [0.05, 0.1) is 20.3 Å². The molecule has 0 spiro atoms. The summed E-state index contributed by atoms with van der Waals surface area (Å²) < 4.78 is 10.8. The van der Waals surface area contributed by atoms with Crippen LogP contribution in [0.25, 0.3) is 0 Å². The fourth-order valence-corrected chi connectivity index (χ4v) is 2.67. The van der Waals surface area contributed by atoms with Crippen molar-refractivity contribution in [1.29, 1.82) is 0 Å². The molecular formula is C15H24N2O2. The van der Waals surface area contributed by atoms with Crippen molar-refractivity contribution in [3.63, 3.8) is 0 Å². The van der Waals surface area contributed by atoms with E-state index < -0.39 is 0 Å². The molecule has 0 saturated heterocycles. The molecular weight excluding hydrogens is 240 g/mol. The molecule has 1 aromatic rings. The third-order valence-corrected chi connectivity index (χ3v) is 3.80. The molecule has 0 radical (unpaired) electrons. The van der Waals surface area contributed by atoms with Gasteiger partial charge in [0.1, 0.15) is 11.5 Å². The van der Waals surface area contributed by atoms with Gasteiger partial charge in [-0.15, -0.1) is 0 Å². The molecule has 0 bridgehead atoms. The SMILES string of the molecule is CCN(C1CC1)C(CN)c1ccc(OC)cc1OC. The van der Waals surface area contributed by atoms with Crippen molar-refractivity contribution in [2.45, 2.75) is 31.8 Å².